The van der Waals surface area contributed by atoms with E-state index in [-0.39, 0.29) is 18.6 Å². The van der Waals surface area contributed by atoms with Gasteiger partial charge in [-0.3, -0.25) is 4.79 Å². The monoisotopic (exact) mass is 400 g/mol. The minimum atomic E-state index is -0.0994. The molecule has 1 saturated heterocycles. The van der Waals surface area contributed by atoms with Gasteiger partial charge in [0.05, 0.1) is 13.2 Å². The highest BCUT2D eigenvalue weighted by molar-refractivity contribution is 5.77. The third-order valence-corrected chi connectivity index (χ3v) is 4.60. The van der Waals surface area contributed by atoms with Crippen molar-refractivity contribution >= 4 is 11.7 Å². The molecule has 0 radical (unpaired) electrons. The summed E-state index contributed by atoms with van der Waals surface area (Å²) in [6.45, 7) is 3.77. The van der Waals surface area contributed by atoms with Gasteiger partial charge >= 0.3 is 0 Å². The number of benzene rings is 1. The highest BCUT2D eigenvalue weighted by Crippen LogP contribution is 2.20. The van der Waals surface area contributed by atoms with Crippen LogP contribution in [-0.4, -0.2) is 67.5 Å². The number of hydrogen-bond donors (Lipinski definition) is 0. The molecule has 1 atom stereocenters. The van der Waals surface area contributed by atoms with Crippen LogP contribution in [0.1, 0.15) is 19.8 Å². The molecule has 1 amide bonds. The van der Waals surface area contributed by atoms with Crippen molar-refractivity contribution in [3.05, 3.63) is 36.4 Å². The van der Waals surface area contributed by atoms with E-state index in [1.807, 2.05) is 44.1 Å². The van der Waals surface area contributed by atoms with Gasteiger partial charge in [-0.1, -0.05) is 0 Å². The number of rotatable bonds is 8. The van der Waals surface area contributed by atoms with Gasteiger partial charge in [0.2, 0.25) is 5.88 Å². The molecular formula is C21H28N4O4. The number of likely N-dealkylation sites (tertiary alicyclic amines) is 1. The van der Waals surface area contributed by atoms with Crippen molar-refractivity contribution in [2.75, 3.05) is 45.3 Å². The molecule has 2 heterocycles. The molecule has 0 spiro atoms. The Balaban J connectivity index is 1.48. The Morgan fingerprint density at radius 2 is 1.83 bits per heavy atom. The fourth-order valence-corrected chi connectivity index (χ4v) is 3.08. The second-order valence-corrected chi connectivity index (χ2v) is 7.04. The summed E-state index contributed by atoms with van der Waals surface area (Å²) in [7, 11) is 3.81. The van der Waals surface area contributed by atoms with Crippen LogP contribution in [0.5, 0.6) is 17.4 Å². The van der Waals surface area contributed by atoms with Gasteiger partial charge in [-0.15, -0.1) is 10.2 Å². The number of piperidine rings is 1. The standard InChI is InChI=1S/C21H28N4O4/c1-4-27-16-7-9-17(10-8-16)28-15-21(26)25-13-5-6-18(14-25)29-20-12-11-19(22-23-20)24(2)3/h7-12,18H,4-6,13-15H2,1-3H3. The van der Waals surface area contributed by atoms with E-state index in [1.54, 1.807) is 23.1 Å². The van der Waals surface area contributed by atoms with Crippen LogP contribution in [-0.2, 0) is 4.79 Å². The van der Waals surface area contributed by atoms with Crippen LogP contribution in [0.2, 0.25) is 0 Å². The maximum atomic E-state index is 12.5. The van der Waals surface area contributed by atoms with Crippen molar-refractivity contribution in [2.45, 2.75) is 25.9 Å². The van der Waals surface area contributed by atoms with Gasteiger partial charge in [0.25, 0.3) is 5.91 Å². The van der Waals surface area contributed by atoms with Crippen molar-refractivity contribution in [3.63, 3.8) is 0 Å². The summed E-state index contributed by atoms with van der Waals surface area (Å²) >= 11 is 0. The third kappa shape index (κ3) is 5.97. The minimum absolute atomic E-state index is 0.00195. The third-order valence-electron chi connectivity index (χ3n) is 4.60. The first-order valence-electron chi connectivity index (χ1n) is 9.86. The predicted molar refractivity (Wildman–Crippen MR) is 110 cm³/mol. The minimum Gasteiger partial charge on any atom is -0.494 e. The predicted octanol–water partition coefficient (Wildman–Crippen LogP) is 2.39. The molecule has 8 heteroatoms. The summed E-state index contributed by atoms with van der Waals surface area (Å²) in [5.74, 6) is 2.61. The Morgan fingerprint density at radius 1 is 1.10 bits per heavy atom. The number of hydrogen-bond acceptors (Lipinski definition) is 7. The van der Waals surface area contributed by atoms with Gasteiger partial charge in [-0.25, -0.2) is 0 Å². The molecule has 156 valence electrons. The van der Waals surface area contributed by atoms with E-state index in [4.69, 9.17) is 14.2 Å². The van der Waals surface area contributed by atoms with Crippen molar-refractivity contribution in [2.24, 2.45) is 0 Å². The first-order valence-corrected chi connectivity index (χ1v) is 9.86. The fraction of sp³-hybridized carbons (Fsp3) is 0.476. The Kier molecular flexibility index (Phi) is 7.10. The van der Waals surface area contributed by atoms with E-state index in [0.717, 1.165) is 24.4 Å². The van der Waals surface area contributed by atoms with Crippen molar-refractivity contribution in [1.82, 2.24) is 15.1 Å². The zero-order valence-electron chi connectivity index (χ0n) is 17.2. The van der Waals surface area contributed by atoms with Crippen LogP contribution >= 0.6 is 0 Å². The van der Waals surface area contributed by atoms with Crippen LogP contribution in [0.15, 0.2) is 36.4 Å². The lowest BCUT2D eigenvalue weighted by molar-refractivity contribution is -0.136. The second-order valence-electron chi connectivity index (χ2n) is 7.04. The molecule has 1 aromatic carbocycles. The van der Waals surface area contributed by atoms with Crippen molar-refractivity contribution in [1.29, 1.82) is 0 Å². The summed E-state index contributed by atoms with van der Waals surface area (Å²) in [6, 6.07) is 10.9. The highest BCUT2D eigenvalue weighted by Gasteiger charge is 2.25. The van der Waals surface area contributed by atoms with E-state index >= 15 is 0 Å². The summed E-state index contributed by atoms with van der Waals surface area (Å²) in [6.07, 6.45) is 1.65. The molecule has 1 unspecified atom stereocenters. The molecule has 1 aliphatic rings. The fourth-order valence-electron chi connectivity index (χ4n) is 3.08. The molecule has 8 nitrogen and oxygen atoms in total. The van der Waals surface area contributed by atoms with E-state index in [1.165, 1.54) is 0 Å². The van der Waals surface area contributed by atoms with E-state index < -0.39 is 0 Å². The average molecular weight is 400 g/mol. The topological polar surface area (TPSA) is 77.0 Å². The average Bonchev–Trinajstić information content (AvgIpc) is 2.74. The Bertz CT molecular complexity index is 780. The molecule has 3 rings (SSSR count). The van der Waals surface area contributed by atoms with Crippen LogP contribution in [0.4, 0.5) is 5.82 Å². The number of aromatic nitrogens is 2. The highest BCUT2D eigenvalue weighted by atomic mass is 16.5. The van der Waals surface area contributed by atoms with E-state index in [0.29, 0.717) is 31.3 Å². The molecule has 0 N–H and O–H groups in total. The van der Waals surface area contributed by atoms with Crippen LogP contribution in [0.25, 0.3) is 0 Å². The summed E-state index contributed by atoms with van der Waals surface area (Å²) in [5.41, 5.74) is 0. The molecule has 0 aliphatic carbocycles. The molecule has 29 heavy (non-hydrogen) atoms. The van der Waals surface area contributed by atoms with Crippen LogP contribution in [0, 0.1) is 0 Å². The Morgan fingerprint density at radius 3 is 2.45 bits per heavy atom. The summed E-state index contributed by atoms with van der Waals surface area (Å²) in [5, 5.41) is 8.23. The number of carbonyl (C=O) groups is 1. The number of anilines is 1. The Labute approximate surface area is 171 Å². The summed E-state index contributed by atoms with van der Waals surface area (Å²) in [4.78, 5) is 16.2. The van der Waals surface area contributed by atoms with E-state index in [9.17, 15) is 4.79 Å². The maximum Gasteiger partial charge on any atom is 0.260 e. The number of amides is 1. The SMILES string of the molecule is CCOc1ccc(OCC(=O)N2CCCC(Oc3ccc(N(C)C)nn3)C2)cc1. The van der Waals surface area contributed by atoms with Gasteiger partial charge < -0.3 is 24.0 Å². The molecule has 1 fully saturated rings. The van der Waals surface area contributed by atoms with Gasteiger partial charge in [0.15, 0.2) is 12.4 Å². The lowest BCUT2D eigenvalue weighted by Gasteiger charge is -2.32. The van der Waals surface area contributed by atoms with Gasteiger partial charge in [-0.2, -0.15) is 0 Å². The molecular weight excluding hydrogens is 372 g/mol. The van der Waals surface area contributed by atoms with Crippen molar-refractivity contribution < 1.29 is 19.0 Å². The molecule has 2 aromatic rings. The normalized spacial score (nSPS) is 16.2. The molecule has 1 aliphatic heterocycles. The lowest BCUT2D eigenvalue weighted by atomic mass is 10.1. The van der Waals surface area contributed by atoms with Gasteiger partial charge in [0.1, 0.15) is 17.6 Å². The zero-order chi connectivity index (χ0) is 20.6. The number of carbonyl (C=O) groups excluding carboxylic acids is 1. The van der Waals surface area contributed by atoms with Crippen LogP contribution < -0.4 is 19.1 Å². The molecule has 1 aromatic heterocycles. The summed E-state index contributed by atoms with van der Waals surface area (Å²) < 4.78 is 17.0. The maximum absolute atomic E-state index is 12.5. The lowest BCUT2D eigenvalue weighted by Crippen LogP contribution is -2.46. The van der Waals surface area contributed by atoms with E-state index in [2.05, 4.69) is 10.2 Å². The number of ether oxygens (including phenoxy) is 3. The first-order chi connectivity index (χ1) is 14.0. The first kappa shape index (κ1) is 20.7. The quantitative estimate of drug-likeness (QED) is 0.673. The smallest absolute Gasteiger partial charge is 0.260 e. The second kappa shape index (κ2) is 9.95. The molecule has 0 saturated carbocycles. The Hall–Kier alpha value is -3.03. The van der Waals surface area contributed by atoms with Gasteiger partial charge in [0, 0.05) is 26.7 Å². The van der Waals surface area contributed by atoms with Crippen LogP contribution in [0.3, 0.4) is 0 Å². The largest absolute Gasteiger partial charge is 0.494 e. The number of nitrogens with zero attached hydrogens (tertiary/aromatic N) is 4. The molecule has 0 bridgehead atoms. The van der Waals surface area contributed by atoms with Gasteiger partial charge in [-0.05, 0) is 50.1 Å². The zero-order valence-corrected chi connectivity index (χ0v) is 17.2. The van der Waals surface area contributed by atoms with Crippen molar-refractivity contribution in [3.8, 4) is 17.4 Å².